The molecule has 0 radical (unpaired) electrons. The Hall–Kier alpha value is -5.10. The molecule has 1 heterocycles. The Balaban J connectivity index is 1.33. The summed E-state index contributed by atoms with van der Waals surface area (Å²) in [5.41, 5.74) is 10.5. The highest BCUT2D eigenvalue weighted by Crippen LogP contribution is 2.25. The number of amides is 2. The first-order chi connectivity index (χ1) is 18.9. The minimum atomic E-state index is -0.316. The number of hydrogen-bond donors (Lipinski definition) is 2. The number of aryl methyl sites for hydroxylation is 2. The lowest BCUT2D eigenvalue weighted by Gasteiger charge is -2.10. The largest absolute Gasteiger partial charge is 0.322 e. The summed E-state index contributed by atoms with van der Waals surface area (Å²) in [6.45, 7) is 5.76. The molecule has 0 saturated carbocycles. The normalized spacial score (nSPS) is 11.3. The van der Waals surface area contributed by atoms with Crippen molar-refractivity contribution in [1.82, 2.24) is 10.4 Å². The number of anilines is 1. The second kappa shape index (κ2) is 11.1. The third kappa shape index (κ3) is 5.75. The lowest BCUT2D eigenvalue weighted by molar-refractivity contribution is 0.0955. The fraction of sp³-hybridized carbons (Fsp3) is 0.0909. The van der Waals surface area contributed by atoms with Crippen LogP contribution in [0.2, 0.25) is 0 Å². The Morgan fingerprint density at radius 2 is 1.44 bits per heavy atom. The number of fused-ring (bicyclic) bond motifs is 1. The second-order valence-electron chi connectivity index (χ2n) is 9.42. The van der Waals surface area contributed by atoms with Gasteiger partial charge in [-0.1, -0.05) is 78.4 Å². The second-order valence-corrected chi connectivity index (χ2v) is 9.42. The van der Waals surface area contributed by atoms with Gasteiger partial charge >= 0.3 is 0 Å². The van der Waals surface area contributed by atoms with E-state index in [2.05, 4.69) is 15.8 Å². The number of para-hydroxylation sites is 1. The van der Waals surface area contributed by atoms with Crippen LogP contribution in [0, 0.1) is 13.8 Å². The van der Waals surface area contributed by atoms with E-state index in [0.29, 0.717) is 22.5 Å². The van der Waals surface area contributed by atoms with Gasteiger partial charge in [-0.05, 0) is 62.2 Å². The summed E-state index contributed by atoms with van der Waals surface area (Å²) in [6.07, 6.45) is 0. The summed E-state index contributed by atoms with van der Waals surface area (Å²) in [5.74, 6) is -0.475. The molecule has 0 atom stereocenters. The SMILES string of the molecule is CC(=NNC(=O)c1cc(-c2ccc(C)cc2)nc2ccccc12)c1ccc(NC(=O)c2ccccc2C)cc1. The van der Waals surface area contributed by atoms with Gasteiger partial charge in [0.15, 0.2) is 0 Å². The lowest BCUT2D eigenvalue weighted by atomic mass is 10.0. The smallest absolute Gasteiger partial charge is 0.272 e. The number of hydrazone groups is 1. The van der Waals surface area contributed by atoms with Gasteiger partial charge in [0.2, 0.25) is 0 Å². The molecule has 192 valence electrons. The van der Waals surface area contributed by atoms with Gasteiger partial charge in [-0.2, -0.15) is 5.10 Å². The molecule has 0 aliphatic carbocycles. The van der Waals surface area contributed by atoms with E-state index in [1.807, 2.05) is 112 Å². The maximum atomic E-state index is 13.3. The van der Waals surface area contributed by atoms with Crippen molar-refractivity contribution in [2.75, 3.05) is 5.32 Å². The first kappa shape index (κ1) is 25.5. The zero-order chi connectivity index (χ0) is 27.4. The molecule has 0 saturated heterocycles. The Morgan fingerprint density at radius 3 is 2.18 bits per heavy atom. The van der Waals surface area contributed by atoms with Crippen LogP contribution in [0.3, 0.4) is 0 Å². The number of benzene rings is 4. The van der Waals surface area contributed by atoms with E-state index in [0.717, 1.165) is 38.9 Å². The van der Waals surface area contributed by atoms with Crippen molar-refractivity contribution >= 4 is 34.1 Å². The summed E-state index contributed by atoms with van der Waals surface area (Å²) in [6, 6.07) is 32.3. The van der Waals surface area contributed by atoms with Gasteiger partial charge in [-0.15, -0.1) is 0 Å². The molecule has 5 aromatic rings. The van der Waals surface area contributed by atoms with Crippen molar-refractivity contribution in [2.45, 2.75) is 20.8 Å². The molecule has 0 unspecified atom stereocenters. The number of hydrogen-bond acceptors (Lipinski definition) is 4. The molecule has 2 amide bonds. The van der Waals surface area contributed by atoms with Crippen LogP contribution >= 0.6 is 0 Å². The topological polar surface area (TPSA) is 83.4 Å². The maximum absolute atomic E-state index is 13.3. The fourth-order valence-electron chi connectivity index (χ4n) is 4.32. The number of aromatic nitrogens is 1. The number of nitrogens with one attached hydrogen (secondary N) is 2. The van der Waals surface area contributed by atoms with Crippen LogP contribution in [-0.4, -0.2) is 22.5 Å². The molecular formula is C33H28N4O2. The zero-order valence-electron chi connectivity index (χ0n) is 22.0. The van der Waals surface area contributed by atoms with Crippen LogP contribution in [0.5, 0.6) is 0 Å². The summed E-state index contributed by atoms with van der Waals surface area (Å²) >= 11 is 0. The lowest BCUT2D eigenvalue weighted by Crippen LogP contribution is -2.20. The standard InChI is InChI=1S/C33H28N4O2/c1-21-12-14-25(15-13-21)31-20-29(28-10-6-7-11-30(28)35-31)33(39)37-36-23(3)24-16-18-26(19-17-24)34-32(38)27-9-5-4-8-22(27)2/h4-20H,1-3H3,(H,34,38)(H,37,39). The van der Waals surface area contributed by atoms with Crippen LogP contribution in [-0.2, 0) is 0 Å². The van der Waals surface area contributed by atoms with E-state index in [1.54, 1.807) is 12.1 Å². The fourth-order valence-corrected chi connectivity index (χ4v) is 4.32. The number of carbonyl (C=O) groups excluding carboxylic acids is 2. The van der Waals surface area contributed by atoms with Gasteiger partial charge in [0.25, 0.3) is 11.8 Å². The highest BCUT2D eigenvalue weighted by atomic mass is 16.2. The van der Waals surface area contributed by atoms with Crippen molar-refractivity contribution in [3.63, 3.8) is 0 Å². The van der Waals surface area contributed by atoms with Gasteiger partial charge in [0.05, 0.1) is 22.5 Å². The number of rotatable bonds is 6. The molecule has 0 aliphatic rings. The summed E-state index contributed by atoms with van der Waals surface area (Å²) in [4.78, 5) is 30.6. The predicted octanol–water partition coefficient (Wildman–Crippen LogP) is 6.92. The predicted molar refractivity (Wildman–Crippen MR) is 157 cm³/mol. The van der Waals surface area contributed by atoms with Crippen LogP contribution in [0.25, 0.3) is 22.2 Å². The Bertz CT molecular complexity index is 1710. The number of carbonyl (C=O) groups is 2. The van der Waals surface area contributed by atoms with E-state index >= 15 is 0 Å². The third-order valence-electron chi connectivity index (χ3n) is 6.58. The summed E-state index contributed by atoms with van der Waals surface area (Å²) in [7, 11) is 0. The van der Waals surface area contributed by atoms with Crippen molar-refractivity contribution in [2.24, 2.45) is 5.10 Å². The Kier molecular flexibility index (Phi) is 7.28. The van der Waals surface area contributed by atoms with E-state index in [9.17, 15) is 9.59 Å². The minimum absolute atomic E-state index is 0.159. The summed E-state index contributed by atoms with van der Waals surface area (Å²) < 4.78 is 0. The molecule has 0 bridgehead atoms. The number of pyridine rings is 1. The van der Waals surface area contributed by atoms with Gasteiger partial charge < -0.3 is 5.32 Å². The highest BCUT2D eigenvalue weighted by molar-refractivity contribution is 6.08. The van der Waals surface area contributed by atoms with Gasteiger partial charge in [0, 0.05) is 22.2 Å². The molecule has 1 aromatic heterocycles. The van der Waals surface area contributed by atoms with E-state index < -0.39 is 0 Å². The number of nitrogens with zero attached hydrogens (tertiary/aromatic N) is 2. The average molecular weight is 513 g/mol. The molecule has 2 N–H and O–H groups in total. The van der Waals surface area contributed by atoms with Crippen molar-refractivity contribution in [3.8, 4) is 11.3 Å². The van der Waals surface area contributed by atoms with Crippen molar-refractivity contribution in [3.05, 3.63) is 131 Å². The quantitative estimate of drug-likeness (QED) is 0.191. The molecule has 0 spiro atoms. The monoisotopic (exact) mass is 512 g/mol. The Morgan fingerprint density at radius 1 is 0.744 bits per heavy atom. The van der Waals surface area contributed by atoms with E-state index in [-0.39, 0.29) is 11.8 Å². The molecule has 4 aromatic carbocycles. The molecule has 6 heteroatoms. The maximum Gasteiger partial charge on any atom is 0.272 e. The summed E-state index contributed by atoms with van der Waals surface area (Å²) in [5, 5.41) is 8.03. The van der Waals surface area contributed by atoms with Crippen molar-refractivity contribution in [1.29, 1.82) is 0 Å². The third-order valence-corrected chi connectivity index (χ3v) is 6.58. The van der Waals surface area contributed by atoms with Crippen LogP contribution in [0.15, 0.2) is 108 Å². The molecular weight excluding hydrogens is 484 g/mol. The van der Waals surface area contributed by atoms with Gasteiger partial charge in [0.1, 0.15) is 0 Å². The molecule has 39 heavy (non-hydrogen) atoms. The Labute approximate surface area is 227 Å². The van der Waals surface area contributed by atoms with E-state index in [4.69, 9.17) is 4.98 Å². The van der Waals surface area contributed by atoms with Gasteiger partial charge in [-0.25, -0.2) is 10.4 Å². The average Bonchev–Trinajstić information content (AvgIpc) is 2.96. The van der Waals surface area contributed by atoms with Crippen LogP contribution < -0.4 is 10.7 Å². The van der Waals surface area contributed by atoms with Crippen molar-refractivity contribution < 1.29 is 9.59 Å². The highest BCUT2D eigenvalue weighted by Gasteiger charge is 2.14. The molecule has 6 nitrogen and oxygen atoms in total. The zero-order valence-corrected chi connectivity index (χ0v) is 22.0. The van der Waals surface area contributed by atoms with Crippen LogP contribution in [0.4, 0.5) is 5.69 Å². The van der Waals surface area contributed by atoms with Gasteiger partial charge in [-0.3, -0.25) is 9.59 Å². The van der Waals surface area contributed by atoms with Crippen LogP contribution in [0.1, 0.15) is 44.3 Å². The minimum Gasteiger partial charge on any atom is -0.322 e. The van der Waals surface area contributed by atoms with E-state index in [1.165, 1.54) is 0 Å². The first-order valence-electron chi connectivity index (χ1n) is 12.7. The molecule has 0 aliphatic heterocycles. The molecule has 5 rings (SSSR count). The molecule has 0 fully saturated rings. The first-order valence-corrected chi connectivity index (χ1v) is 12.7.